The maximum absolute atomic E-state index is 4.51. The number of hydrogen-bond donors (Lipinski definition) is 0. The van der Waals surface area contributed by atoms with E-state index >= 15 is 0 Å². The number of hydrogen-bond acceptors (Lipinski definition) is 1. The molecule has 84 valence electrons. The Bertz CT molecular complexity index is 670. The maximum Gasteiger partial charge on any atom is 0.0541 e. The van der Waals surface area contributed by atoms with Gasteiger partial charge < -0.3 is 0 Å². The van der Waals surface area contributed by atoms with Crippen molar-refractivity contribution in [1.29, 1.82) is 0 Å². The van der Waals surface area contributed by atoms with Crippen LogP contribution in [-0.4, -0.2) is 4.98 Å². The molecule has 3 rings (SSSR count). The molecule has 0 amide bonds. The Morgan fingerprint density at radius 3 is 2.47 bits per heavy atom. The van der Waals surface area contributed by atoms with Crippen LogP contribution in [0, 0.1) is 0 Å². The Morgan fingerprint density at radius 1 is 1.00 bits per heavy atom. The first-order valence-electron chi connectivity index (χ1n) is 5.93. The zero-order valence-electron chi connectivity index (χ0n) is 10.1. The van der Waals surface area contributed by atoms with Crippen molar-refractivity contribution in [3.63, 3.8) is 0 Å². The van der Waals surface area contributed by atoms with E-state index in [4.69, 9.17) is 0 Å². The molecule has 1 nitrogen and oxygen atoms in total. The second kappa shape index (κ2) is 3.56. The fraction of sp³-hybridized carbons (Fsp3) is 0.188. The summed E-state index contributed by atoms with van der Waals surface area (Å²) in [5, 5.41) is 2.67. The van der Waals surface area contributed by atoms with Crippen LogP contribution in [0.5, 0.6) is 0 Å². The summed E-state index contributed by atoms with van der Waals surface area (Å²) in [5.41, 5.74) is 2.44. The third-order valence-electron chi connectivity index (χ3n) is 3.78. The highest BCUT2D eigenvalue weighted by Gasteiger charge is 2.30. The van der Waals surface area contributed by atoms with E-state index in [1.165, 1.54) is 16.0 Å². The summed E-state index contributed by atoms with van der Waals surface area (Å²) in [4.78, 5) is 4.51. The summed E-state index contributed by atoms with van der Waals surface area (Å²) in [6.07, 6.45) is 4.19. The fourth-order valence-electron chi connectivity index (χ4n) is 2.60. The summed E-state index contributed by atoms with van der Waals surface area (Å²) < 4.78 is 0. The van der Waals surface area contributed by atoms with E-state index in [1.807, 2.05) is 12.3 Å². The first-order chi connectivity index (χ1) is 8.22. The lowest BCUT2D eigenvalue weighted by molar-refractivity contribution is 0.785. The third kappa shape index (κ3) is 1.42. The van der Waals surface area contributed by atoms with Crippen molar-refractivity contribution in [2.24, 2.45) is 0 Å². The van der Waals surface area contributed by atoms with Gasteiger partial charge in [0.05, 0.1) is 11.1 Å². The minimum absolute atomic E-state index is 0.0645. The van der Waals surface area contributed by atoms with Crippen LogP contribution in [0.1, 0.15) is 19.5 Å². The number of pyridine rings is 1. The number of fused-ring (bicyclic) bond motifs is 1. The molecule has 1 aromatic carbocycles. The van der Waals surface area contributed by atoms with Gasteiger partial charge in [0.15, 0.2) is 0 Å². The molecule has 0 saturated carbocycles. The molecule has 1 heterocycles. The Balaban J connectivity index is 2.30. The molecule has 2 aromatic rings. The molecule has 0 N–H and O–H groups in total. The highest BCUT2D eigenvalue weighted by molar-refractivity contribution is 5.73. The maximum atomic E-state index is 4.51. The van der Waals surface area contributed by atoms with Crippen LogP contribution in [0.3, 0.4) is 0 Å². The Morgan fingerprint density at radius 2 is 1.76 bits per heavy atom. The quantitative estimate of drug-likeness (QED) is 0.718. The number of benzene rings is 1. The van der Waals surface area contributed by atoms with Crippen molar-refractivity contribution >= 4 is 11.6 Å². The molecule has 0 fully saturated rings. The van der Waals surface area contributed by atoms with Gasteiger partial charge in [-0.3, -0.25) is 4.98 Å². The average molecular weight is 221 g/mol. The van der Waals surface area contributed by atoms with Gasteiger partial charge in [-0.25, -0.2) is 0 Å². The van der Waals surface area contributed by atoms with Crippen LogP contribution in [0.15, 0.2) is 48.7 Å². The molecule has 0 radical (unpaired) electrons. The van der Waals surface area contributed by atoms with E-state index in [1.54, 1.807) is 0 Å². The van der Waals surface area contributed by atoms with E-state index in [2.05, 4.69) is 61.3 Å². The van der Waals surface area contributed by atoms with E-state index in [0.29, 0.717) is 0 Å². The van der Waals surface area contributed by atoms with E-state index < -0.39 is 0 Å². The molecule has 1 aliphatic carbocycles. The van der Waals surface area contributed by atoms with Crippen LogP contribution < -0.4 is 10.4 Å². The summed E-state index contributed by atoms with van der Waals surface area (Å²) in [6, 6.07) is 14.7. The molecule has 1 aromatic heterocycles. The van der Waals surface area contributed by atoms with Crippen molar-refractivity contribution in [2.75, 3.05) is 0 Å². The van der Waals surface area contributed by atoms with Crippen LogP contribution in [0.4, 0.5) is 0 Å². The first kappa shape index (κ1) is 10.3. The zero-order chi connectivity index (χ0) is 11.9. The number of nitrogens with zero attached hydrogens (tertiary/aromatic N) is 1. The fourth-order valence-corrected chi connectivity index (χ4v) is 2.60. The Kier molecular flexibility index (Phi) is 2.15. The second-order valence-electron chi connectivity index (χ2n) is 4.77. The van der Waals surface area contributed by atoms with Gasteiger partial charge in [-0.15, -0.1) is 0 Å². The largest absolute Gasteiger partial charge is 0.260 e. The molecule has 0 aliphatic heterocycles. The molecular weight excluding hydrogens is 206 g/mol. The minimum atomic E-state index is -0.0645. The molecule has 17 heavy (non-hydrogen) atoms. The van der Waals surface area contributed by atoms with Crippen LogP contribution in [-0.2, 0) is 5.41 Å². The van der Waals surface area contributed by atoms with Crippen LogP contribution in [0.2, 0.25) is 0 Å². The lowest BCUT2D eigenvalue weighted by atomic mass is 9.81. The zero-order valence-corrected chi connectivity index (χ0v) is 10.1. The van der Waals surface area contributed by atoms with Gasteiger partial charge in [0.25, 0.3) is 0 Å². The minimum Gasteiger partial charge on any atom is -0.260 e. The third-order valence-corrected chi connectivity index (χ3v) is 3.78. The molecule has 0 bridgehead atoms. The second-order valence-corrected chi connectivity index (χ2v) is 4.77. The highest BCUT2D eigenvalue weighted by atomic mass is 14.7. The molecule has 1 aliphatic rings. The predicted molar refractivity (Wildman–Crippen MR) is 70.8 cm³/mol. The first-order valence-corrected chi connectivity index (χ1v) is 5.93. The smallest absolute Gasteiger partial charge is 0.0541 e. The summed E-state index contributed by atoms with van der Waals surface area (Å²) in [7, 11) is 0. The van der Waals surface area contributed by atoms with Gasteiger partial charge in [0.1, 0.15) is 0 Å². The van der Waals surface area contributed by atoms with Gasteiger partial charge in [0, 0.05) is 6.20 Å². The lowest BCUT2D eigenvalue weighted by Crippen LogP contribution is -2.22. The molecule has 0 saturated heterocycles. The standard InChI is InChI=1S/C16H15N/c1-12-14-8-4-3-7-13(14)11-16(12,2)15-9-5-6-10-17-15/h3-11H,1-2H3. The topological polar surface area (TPSA) is 12.9 Å². The lowest BCUT2D eigenvalue weighted by Gasteiger charge is -2.23. The van der Waals surface area contributed by atoms with E-state index in [0.717, 1.165) is 5.69 Å². The molecule has 1 heteroatoms. The van der Waals surface area contributed by atoms with Crippen molar-refractivity contribution in [3.05, 3.63) is 64.8 Å². The van der Waals surface area contributed by atoms with Crippen molar-refractivity contribution in [1.82, 2.24) is 4.98 Å². The molecule has 1 unspecified atom stereocenters. The van der Waals surface area contributed by atoms with Crippen LogP contribution in [0.25, 0.3) is 11.6 Å². The Hall–Kier alpha value is -1.89. The van der Waals surface area contributed by atoms with Gasteiger partial charge in [-0.1, -0.05) is 36.4 Å². The molecule has 1 atom stereocenters. The Labute approximate surface area is 101 Å². The van der Waals surface area contributed by atoms with Crippen molar-refractivity contribution in [2.45, 2.75) is 19.3 Å². The predicted octanol–water partition coefficient (Wildman–Crippen LogP) is 2.00. The van der Waals surface area contributed by atoms with Crippen molar-refractivity contribution in [3.8, 4) is 0 Å². The van der Waals surface area contributed by atoms with Gasteiger partial charge >= 0.3 is 0 Å². The number of aromatic nitrogens is 1. The summed E-state index contributed by atoms with van der Waals surface area (Å²) in [5.74, 6) is 0. The van der Waals surface area contributed by atoms with E-state index in [9.17, 15) is 0 Å². The van der Waals surface area contributed by atoms with Crippen LogP contribution >= 0.6 is 0 Å². The van der Waals surface area contributed by atoms with Crippen molar-refractivity contribution < 1.29 is 0 Å². The monoisotopic (exact) mass is 221 g/mol. The summed E-state index contributed by atoms with van der Waals surface area (Å²) >= 11 is 0. The number of rotatable bonds is 1. The van der Waals surface area contributed by atoms with E-state index in [-0.39, 0.29) is 5.41 Å². The summed E-state index contributed by atoms with van der Waals surface area (Å²) in [6.45, 7) is 4.45. The molecular formula is C16H15N. The van der Waals surface area contributed by atoms with Gasteiger partial charge in [-0.2, -0.15) is 0 Å². The van der Waals surface area contributed by atoms with Gasteiger partial charge in [-0.05, 0) is 42.0 Å². The normalized spacial score (nSPS) is 22.1. The molecule has 0 spiro atoms. The SMILES string of the molecule is CC1=c2ccccc2=CC1(C)c1ccccn1. The van der Waals surface area contributed by atoms with Gasteiger partial charge in [0.2, 0.25) is 0 Å². The average Bonchev–Trinajstić information content (AvgIpc) is 2.65. The highest BCUT2D eigenvalue weighted by Crippen LogP contribution is 2.33.